The van der Waals surface area contributed by atoms with Crippen LogP contribution in [0.3, 0.4) is 0 Å². The Kier molecular flexibility index (Phi) is 8.99. The predicted octanol–water partition coefficient (Wildman–Crippen LogP) is 4.77. The van der Waals surface area contributed by atoms with Crippen LogP contribution in [0.1, 0.15) is 48.4 Å². The van der Waals surface area contributed by atoms with Gasteiger partial charge in [-0.3, -0.25) is 9.59 Å². The van der Waals surface area contributed by atoms with Crippen molar-refractivity contribution in [3.05, 3.63) is 95.1 Å². The molecule has 39 heavy (non-hydrogen) atoms. The zero-order chi connectivity index (χ0) is 27.8. The number of ether oxygens (including phenoxy) is 3. The highest BCUT2D eigenvalue weighted by atomic mass is 16.7. The first kappa shape index (κ1) is 27.9. The van der Waals surface area contributed by atoms with Crippen LogP contribution in [0.5, 0.6) is 11.5 Å². The molecule has 1 aliphatic heterocycles. The molecular formula is C31H33NO7. The fourth-order valence-corrected chi connectivity index (χ4v) is 4.72. The first-order valence-electron chi connectivity index (χ1n) is 13.0. The van der Waals surface area contributed by atoms with Gasteiger partial charge < -0.3 is 19.0 Å². The second-order valence-corrected chi connectivity index (χ2v) is 9.26. The third kappa shape index (κ3) is 6.46. The molecule has 0 aliphatic carbocycles. The molecule has 3 aromatic rings. The van der Waals surface area contributed by atoms with Gasteiger partial charge in [0.05, 0.1) is 20.6 Å². The van der Waals surface area contributed by atoms with Crippen molar-refractivity contribution in [1.82, 2.24) is 5.06 Å². The van der Waals surface area contributed by atoms with Gasteiger partial charge in [0.25, 0.3) is 11.8 Å². The van der Waals surface area contributed by atoms with E-state index in [1.54, 1.807) is 14.2 Å². The first-order valence-corrected chi connectivity index (χ1v) is 13.0. The van der Waals surface area contributed by atoms with E-state index in [1.165, 1.54) is 0 Å². The number of hydrogen-bond acceptors (Lipinski definition) is 7. The summed E-state index contributed by atoms with van der Waals surface area (Å²) in [4.78, 5) is 40.6. The van der Waals surface area contributed by atoms with E-state index >= 15 is 0 Å². The number of benzene rings is 3. The average Bonchev–Trinajstić information content (AvgIpc) is 3.28. The van der Waals surface area contributed by atoms with Gasteiger partial charge in [-0.05, 0) is 59.9 Å². The molecule has 8 nitrogen and oxygen atoms in total. The van der Waals surface area contributed by atoms with Gasteiger partial charge in [0.1, 0.15) is 17.1 Å². The van der Waals surface area contributed by atoms with Crippen molar-refractivity contribution in [2.24, 2.45) is 0 Å². The number of rotatable bonds is 12. The minimum Gasteiger partial charge on any atom is -0.497 e. The van der Waals surface area contributed by atoms with E-state index in [9.17, 15) is 14.4 Å². The number of hydroxylamine groups is 2. The van der Waals surface area contributed by atoms with Crippen molar-refractivity contribution in [3.8, 4) is 11.5 Å². The highest BCUT2D eigenvalue weighted by Gasteiger charge is 2.36. The summed E-state index contributed by atoms with van der Waals surface area (Å²) in [7, 11) is 3.28. The molecule has 0 bridgehead atoms. The number of aryl methyl sites for hydroxylation is 1. The van der Waals surface area contributed by atoms with E-state index in [1.807, 2.05) is 79.7 Å². The number of carbonyl (C=O) groups excluding carboxylic acids is 3. The second-order valence-electron chi connectivity index (χ2n) is 9.26. The molecule has 1 aliphatic rings. The molecule has 8 heteroatoms. The van der Waals surface area contributed by atoms with Crippen molar-refractivity contribution in [2.45, 2.75) is 44.6 Å². The summed E-state index contributed by atoms with van der Waals surface area (Å²) in [6.45, 7) is 2.46. The summed E-state index contributed by atoms with van der Waals surface area (Å²) in [5.74, 6) is -0.0514. The topological polar surface area (TPSA) is 91.4 Å². The molecule has 0 N–H and O–H groups in total. The Hall–Kier alpha value is -4.17. The smallest absolute Gasteiger partial charge is 0.333 e. The molecule has 0 radical (unpaired) electrons. The number of amides is 2. The summed E-state index contributed by atoms with van der Waals surface area (Å²) >= 11 is 0. The molecule has 1 atom stereocenters. The van der Waals surface area contributed by atoms with Crippen molar-refractivity contribution in [3.63, 3.8) is 0 Å². The largest absolute Gasteiger partial charge is 0.497 e. The van der Waals surface area contributed by atoms with Crippen molar-refractivity contribution in [2.75, 3.05) is 20.8 Å². The number of hydrogen-bond donors (Lipinski definition) is 0. The van der Waals surface area contributed by atoms with E-state index in [0.717, 1.165) is 33.8 Å². The van der Waals surface area contributed by atoms with Crippen molar-refractivity contribution in [1.29, 1.82) is 0 Å². The molecule has 0 aromatic heterocycles. The van der Waals surface area contributed by atoms with Crippen molar-refractivity contribution < 1.29 is 33.4 Å². The van der Waals surface area contributed by atoms with Crippen LogP contribution in [0.25, 0.3) is 0 Å². The van der Waals surface area contributed by atoms with E-state index in [0.29, 0.717) is 24.5 Å². The molecule has 3 aromatic carbocycles. The third-order valence-electron chi connectivity index (χ3n) is 6.80. The Balaban J connectivity index is 1.57. The zero-order valence-corrected chi connectivity index (χ0v) is 22.5. The Bertz CT molecular complexity index is 1270. The first-order chi connectivity index (χ1) is 18.9. The Morgan fingerprint density at radius 3 is 1.77 bits per heavy atom. The molecule has 2 amide bonds. The molecule has 0 spiro atoms. The number of carbonyl (C=O) groups is 3. The van der Waals surface area contributed by atoms with Crippen LogP contribution in [0.2, 0.25) is 0 Å². The summed E-state index contributed by atoms with van der Waals surface area (Å²) in [5.41, 5.74) is 3.17. The lowest BCUT2D eigenvalue weighted by Gasteiger charge is -2.35. The minimum atomic E-state index is -0.774. The molecule has 0 saturated carbocycles. The highest BCUT2D eigenvalue weighted by molar-refractivity contribution is 6.01. The highest BCUT2D eigenvalue weighted by Crippen LogP contribution is 2.38. The van der Waals surface area contributed by atoms with Gasteiger partial charge >= 0.3 is 5.97 Å². The Morgan fingerprint density at radius 2 is 1.26 bits per heavy atom. The van der Waals surface area contributed by atoms with E-state index < -0.39 is 23.4 Å². The summed E-state index contributed by atoms with van der Waals surface area (Å²) < 4.78 is 17.3. The quantitative estimate of drug-likeness (QED) is 0.311. The lowest BCUT2D eigenvalue weighted by Crippen LogP contribution is -2.34. The van der Waals surface area contributed by atoms with Crippen LogP contribution < -0.4 is 9.47 Å². The summed E-state index contributed by atoms with van der Waals surface area (Å²) in [6.07, 6.45) is 1.16. The van der Waals surface area contributed by atoms with Crippen LogP contribution in [0, 0.1) is 0 Å². The maximum absolute atomic E-state index is 12.3. The van der Waals surface area contributed by atoms with Crippen LogP contribution in [-0.4, -0.2) is 43.7 Å². The average molecular weight is 532 g/mol. The summed E-state index contributed by atoms with van der Waals surface area (Å²) in [6, 6.07) is 23.8. The molecule has 4 rings (SSSR count). The van der Waals surface area contributed by atoms with Crippen LogP contribution in [0.4, 0.5) is 0 Å². The van der Waals surface area contributed by atoms with E-state index in [4.69, 9.17) is 19.0 Å². The van der Waals surface area contributed by atoms with Crippen LogP contribution in [-0.2, 0) is 42.4 Å². The van der Waals surface area contributed by atoms with Gasteiger partial charge in [-0.2, -0.15) is 0 Å². The van der Waals surface area contributed by atoms with Crippen LogP contribution >= 0.6 is 0 Å². The van der Waals surface area contributed by atoms with Gasteiger partial charge in [0.15, 0.2) is 0 Å². The fraction of sp³-hybridized carbons (Fsp3) is 0.323. The predicted molar refractivity (Wildman–Crippen MR) is 144 cm³/mol. The number of nitrogens with zero attached hydrogens (tertiary/aromatic N) is 1. The molecule has 1 heterocycles. The lowest BCUT2D eigenvalue weighted by atomic mass is 9.80. The van der Waals surface area contributed by atoms with Gasteiger partial charge in [0, 0.05) is 25.9 Å². The van der Waals surface area contributed by atoms with Gasteiger partial charge in [-0.25, -0.2) is 4.79 Å². The monoisotopic (exact) mass is 531 g/mol. The Morgan fingerprint density at radius 1 is 0.769 bits per heavy atom. The van der Waals surface area contributed by atoms with E-state index in [-0.39, 0.29) is 19.3 Å². The van der Waals surface area contributed by atoms with Crippen molar-refractivity contribution >= 4 is 17.8 Å². The maximum Gasteiger partial charge on any atom is 0.333 e. The third-order valence-corrected chi connectivity index (χ3v) is 6.80. The normalized spacial score (nSPS) is 14.7. The van der Waals surface area contributed by atoms with Gasteiger partial charge in [0.2, 0.25) is 0 Å². The lowest BCUT2D eigenvalue weighted by molar-refractivity contribution is -0.197. The minimum absolute atomic E-state index is 0.0390. The maximum atomic E-state index is 12.3. The van der Waals surface area contributed by atoms with Crippen LogP contribution in [0.15, 0.2) is 72.8 Å². The fourth-order valence-electron chi connectivity index (χ4n) is 4.72. The number of imide groups is 1. The SMILES string of the molecule is CCOC(Cc1ccc(OC)cc1)(c1ccc(CCC(=O)ON2C(=O)CCC2=O)cc1)c1ccc(OC)cc1. The zero-order valence-electron chi connectivity index (χ0n) is 22.5. The standard InChI is InChI=1S/C31H33NO7/c1-4-38-31(25-12-16-27(37-3)17-13-25,21-23-7-14-26(36-2)15-8-23)24-10-5-22(6-11-24)9-20-30(35)39-32-28(33)18-19-29(32)34/h5-8,10-17H,4,9,18-21H2,1-3H3. The second kappa shape index (κ2) is 12.6. The van der Waals surface area contributed by atoms with Gasteiger partial charge in [-0.15, -0.1) is 5.06 Å². The Labute approximate surface area is 228 Å². The molecule has 1 unspecified atom stereocenters. The molecule has 1 fully saturated rings. The molecular weight excluding hydrogens is 498 g/mol. The van der Waals surface area contributed by atoms with E-state index in [2.05, 4.69) is 0 Å². The molecule has 204 valence electrons. The summed E-state index contributed by atoms with van der Waals surface area (Å²) in [5, 5.41) is 0.579. The van der Waals surface area contributed by atoms with Gasteiger partial charge in [-0.1, -0.05) is 48.5 Å². The molecule has 1 saturated heterocycles. The number of methoxy groups -OCH3 is 2.